The fourth-order valence-corrected chi connectivity index (χ4v) is 2.60. The zero-order valence-corrected chi connectivity index (χ0v) is 14.8. The number of ketones is 1. The first-order valence-corrected chi connectivity index (χ1v) is 8.35. The molecule has 1 amide bonds. The van der Waals surface area contributed by atoms with E-state index in [0.29, 0.717) is 27.8 Å². The quantitative estimate of drug-likeness (QED) is 0.482. The lowest BCUT2D eigenvalue weighted by Crippen LogP contribution is -2.05. The molecule has 0 fully saturated rings. The third-order valence-electron chi connectivity index (χ3n) is 3.62. The van der Waals surface area contributed by atoms with Crippen LogP contribution < -0.4 is 5.32 Å². The molecular weight excluding hydrogens is 350 g/mol. The summed E-state index contributed by atoms with van der Waals surface area (Å²) < 4.78 is 5.73. The maximum Gasteiger partial charge on any atom is 0.221 e. The van der Waals surface area contributed by atoms with Crippen molar-refractivity contribution in [1.29, 1.82) is 0 Å². The highest BCUT2D eigenvalue weighted by Crippen LogP contribution is 2.25. The Bertz CT molecular complexity index is 971. The summed E-state index contributed by atoms with van der Waals surface area (Å²) in [6.07, 6.45) is 3.08. The maximum absolute atomic E-state index is 12.2. The van der Waals surface area contributed by atoms with Gasteiger partial charge < -0.3 is 9.73 Å². The van der Waals surface area contributed by atoms with Gasteiger partial charge in [-0.3, -0.25) is 9.59 Å². The third kappa shape index (κ3) is 4.49. The van der Waals surface area contributed by atoms with Crippen molar-refractivity contribution in [1.82, 2.24) is 0 Å². The van der Waals surface area contributed by atoms with Crippen molar-refractivity contribution in [3.8, 4) is 11.3 Å². The number of hydrogen-bond acceptors (Lipinski definition) is 3. The highest BCUT2D eigenvalue weighted by molar-refractivity contribution is 6.30. The molecule has 1 aromatic heterocycles. The van der Waals surface area contributed by atoms with E-state index in [1.165, 1.54) is 13.0 Å². The number of allylic oxidation sites excluding steroid dienone is 1. The average Bonchev–Trinajstić information content (AvgIpc) is 3.09. The summed E-state index contributed by atoms with van der Waals surface area (Å²) in [5.41, 5.74) is 2.05. The van der Waals surface area contributed by atoms with Crippen molar-refractivity contribution >= 4 is 35.1 Å². The van der Waals surface area contributed by atoms with Crippen molar-refractivity contribution in [2.75, 3.05) is 5.32 Å². The summed E-state index contributed by atoms with van der Waals surface area (Å²) in [7, 11) is 0. The summed E-state index contributed by atoms with van der Waals surface area (Å²) in [6, 6.07) is 17.7. The Morgan fingerprint density at radius 3 is 2.50 bits per heavy atom. The predicted octanol–water partition coefficient (Wildman–Crippen LogP) is 5.45. The highest BCUT2D eigenvalue weighted by Gasteiger charge is 2.06. The second-order valence-electron chi connectivity index (χ2n) is 5.67. The van der Waals surface area contributed by atoms with Gasteiger partial charge in [0, 0.05) is 28.8 Å². The molecule has 130 valence electrons. The van der Waals surface area contributed by atoms with Crippen LogP contribution in [0.3, 0.4) is 0 Å². The number of hydrogen-bond donors (Lipinski definition) is 1. The molecule has 0 spiro atoms. The molecule has 1 heterocycles. The molecule has 0 unspecified atom stereocenters. The Morgan fingerprint density at radius 1 is 1.04 bits per heavy atom. The summed E-state index contributed by atoms with van der Waals surface area (Å²) in [4.78, 5) is 23.2. The van der Waals surface area contributed by atoms with Crippen LogP contribution in [0.2, 0.25) is 5.02 Å². The standard InChI is InChI=1S/C21H16ClNO3/c1-14(24)23-18-7-5-15(6-8-18)20(25)11-9-19-10-12-21(26-19)16-3-2-4-17(22)13-16/h2-13H,1H3,(H,23,24). The largest absolute Gasteiger partial charge is 0.457 e. The third-order valence-corrected chi connectivity index (χ3v) is 3.86. The van der Waals surface area contributed by atoms with Crippen LogP contribution in [0.1, 0.15) is 23.0 Å². The Hall–Kier alpha value is -3.11. The number of benzene rings is 2. The lowest BCUT2D eigenvalue weighted by molar-refractivity contribution is -0.114. The lowest BCUT2D eigenvalue weighted by atomic mass is 10.1. The van der Waals surface area contributed by atoms with Gasteiger partial charge in [-0.2, -0.15) is 0 Å². The number of furan rings is 1. The summed E-state index contributed by atoms with van der Waals surface area (Å²) in [5, 5.41) is 3.29. The zero-order chi connectivity index (χ0) is 18.5. The Labute approximate surface area is 156 Å². The molecule has 4 nitrogen and oxygen atoms in total. The molecule has 0 saturated carbocycles. The van der Waals surface area contributed by atoms with Gasteiger partial charge in [-0.05, 0) is 60.7 Å². The number of carbonyl (C=O) groups excluding carboxylic acids is 2. The fraction of sp³-hybridized carbons (Fsp3) is 0.0476. The smallest absolute Gasteiger partial charge is 0.221 e. The van der Waals surface area contributed by atoms with Gasteiger partial charge in [0.25, 0.3) is 0 Å². The van der Waals surface area contributed by atoms with Crippen molar-refractivity contribution in [2.24, 2.45) is 0 Å². The van der Waals surface area contributed by atoms with Crippen LogP contribution in [0.5, 0.6) is 0 Å². The molecule has 0 aliphatic heterocycles. The second-order valence-corrected chi connectivity index (χ2v) is 6.10. The van der Waals surface area contributed by atoms with Crippen molar-refractivity contribution in [2.45, 2.75) is 6.92 Å². The van der Waals surface area contributed by atoms with Crippen LogP contribution in [0, 0.1) is 0 Å². The molecule has 0 bridgehead atoms. The first-order valence-electron chi connectivity index (χ1n) is 7.97. The molecule has 0 aliphatic carbocycles. The minimum absolute atomic E-state index is 0.153. The van der Waals surface area contributed by atoms with Crippen molar-refractivity contribution in [3.05, 3.63) is 83.1 Å². The Balaban J connectivity index is 1.70. The van der Waals surface area contributed by atoms with Crippen LogP contribution in [-0.2, 0) is 4.79 Å². The number of nitrogens with one attached hydrogen (secondary N) is 1. The monoisotopic (exact) mass is 365 g/mol. The molecule has 3 rings (SSSR count). The molecule has 5 heteroatoms. The number of amides is 1. The van der Waals surface area contributed by atoms with Gasteiger partial charge in [0.05, 0.1) is 0 Å². The van der Waals surface area contributed by atoms with E-state index in [1.54, 1.807) is 42.5 Å². The predicted molar refractivity (Wildman–Crippen MR) is 103 cm³/mol. The van der Waals surface area contributed by atoms with Crippen LogP contribution >= 0.6 is 11.6 Å². The normalized spacial score (nSPS) is 10.8. The number of rotatable bonds is 5. The van der Waals surface area contributed by atoms with E-state index in [9.17, 15) is 9.59 Å². The van der Waals surface area contributed by atoms with E-state index in [2.05, 4.69) is 5.32 Å². The van der Waals surface area contributed by atoms with Gasteiger partial charge in [-0.1, -0.05) is 23.7 Å². The molecule has 26 heavy (non-hydrogen) atoms. The fourth-order valence-electron chi connectivity index (χ4n) is 2.41. The molecule has 0 radical (unpaired) electrons. The molecule has 2 aromatic carbocycles. The van der Waals surface area contributed by atoms with Crippen LogP contribution in [0.25, 0.3) is 17.4 Å². The summed E-state index contributed by atoms with van der Waals surface area (Å²) in [6.45, 7) is 1.43. The molecule has 0 atom stereocenters. The van der Waals surface area contributed by atoms with Crippen LogP contribution in [0.15, 0.2) is 71.2 Å². The summed E-state index contributed by atoms with van der Waals surface area (Å²) >= 11 is 5.99. The van der Waals surface area contributed by atoms with Crippen LogP contribution in [0.4, 0.5) is 5.69 Å². The first-order chi connectivity index (χ1) is 12.5. The van der Waals surface area contributed by atoms with Gasteiger partial charge in [-0.15, -0.1) is 0 Å². The Morgan fingerprint density at radius 2 is 1.81 bits per heavy atom. The molecule has 3 aromatic rings. The average molecular weight is 366 g/mol. The second kappa shape index (κ2) is 7.85. The number of halogens is 1. The van der Waals surface area contributed by atoms with E-state index >= 15 is 0 Å². The van der Waals surface area contributed by atoms with E-state index in [-0.39, 0.29) is 11.7 Å². The molecule has 0 aliphatic rings. The molecular formula is C21H16ClNO3. The minimum atomic E-state index is -0.155. The van der Waals surface area contributed by atoms with Crippen molar-refractivity contribution < 1.29 is 14.0 Å². The van der Waals surface area contributed by atoms with Gasteiger partial charge in [-0.25, -0.2) is 0 Å². The van der Waals surface area contributed by atoms with Gasteiger partial charge in [0.15, 0.2) is 5.78 Å². The van der Waals surface area contributed by atoms with E-state index in [4.69, 9.17) is 16.0 Å². The van der Waals surface area contributed by atoms with Gasteiger partial charge >= 0.3 is 0 Å². The van der Waals surface area contributed by atoms with E-state index in [1.807, 2.05) is 24.3 Å². The number of carbonyl (C=O) groups is 2. The van der Waals surface area contributed by atoms with Crippen LogP contribution in [-0.4, -0.2) is 11.7 Å². The molecule has 0 saturated heterocycles. The Kier molecular flexibility index (Phi) is 5.34. The maximum atomic E-state index is 12.2. The van der Waals surface area contributed by atoms with Gasteiger partial charge in [0.2, 0.25) is 5.91 Å². The van der Waals surface area contributed by atoms with Gasteiger partial charge in [0.1, 0.15) is 11.5 Å². The van der Waals surface area contributed by atoms with E-state index < -0.39 is 0 Å². The number of anilines is 1. The topological polar surface area (TPSA) is 59.3 Å². The van der Waals surface area contributed by atoms with E-state index in [0.717, 1.165) is 5.56 Å². The lowest BCUT2D eigenvalue weighted by Gasteiger charge is -2.02. The highest BCUT2D eigenvalue weighted by atomic mass is 35.5. The minimum Gasteiger partial charge on any atom is -0.457 e. The van der Waals surface area contributed by atoms with Crippen molar-refractivity contribution in [3.63, 3.8) is 0 Å². The molecule has 1 N–H and O–H groups in total. The SMILES string of the molecule is CC(=O)Nc1ccc(C(=O)C=Cc2ccc(-c3cccc(Cl)c3)o2)cc1. The summed E-state index contributed by atoms with van der Waals surface area (Å²) in [5.74, 6) is 0.944. The first kappa shape index (κ1) is 17.7. The zero-order valence-electron chi connectivity index (χ0n) is 14.0.